The van der Waals surface area contributed by atoms with Crippen LogP contribution < -0.4 is 0 Å². The summed E-state index contributed by atoms with van der Waals surface area (Å²) in [5.74, 6) is 0.113. The molecule has 0 aliphatic carbocycles. The Morgan fingerprint density at radius 3 is 2.50 bits per heavy atom. The van der Waals surface area contributed by atoms with E-state index in [4.69, 9.17) is 0 Å². The lowest BCUT2D eigenvalue weighted by Crippen LogP contribution is -2.33. The third-order valence-electron chi connectivity index (χ3n) is 2.11. The first-order valence-corrected chi connectivity index (χ1v) is 4.35. The Labute approximate surface area is 82.3 Å². The maximum absolute atomic E-state index is 10.7. The van der Waals surface area contributed by atoms with E-state index in [1.807, 2.05) is 0 Å². The monoisotopic (exact) mass is 195 g/mol. The van der Waals surface area contributed by atoms with E-state index in [9.17, 15) is 15.2 Å². The smallest absolute Gasteiger partial charge is 0.220 e. The fraction of sp³-hybridized carbons (Fsp3) is 0.400. The van der Waals surface area contributed by atoms with Gasteiger partial charge in [0.2, 0.25) is 5.54 Å². The van der Waals surface area contributed by atoms with Crippen molar-refractivity contribution in [3.05, 3.63) is 39.9 Å². The molecule has 0 aromatic heterocycles. The quantitative estimate of drug-likeness (QED) is 0.592. The van der Waals surface area contributed by atoms with Gasteiger partial charge in [-0.05, 0) is 6.07 Å². The molecule has 1 aromatic carbocycles. The summed E-state index contributed by atoms with van der Waals surface area (Å²) in [5.41, 5.74) is -0.437. The van der Waals surface area contributed by atoms with Gasteiger partial charge in [0.1, 0.15) is 5.75 Å². The third-order valence-corrected chi connectivity index (χ3v) is 2.11. The zero-order chi connectivity index (χ0) is 10.8. The standard InChI is InChI=1S/C10H13NO3/c1-10(2,11(13)14)7-8-5-3-4-6-9(8)12/h3-6,12H,7H2,1-2H3. The average Bonchev–Trinajstić information content (AvgIpc) is 2.08. The molecule has 0 saturated carbocycles. The maximum atomic E-state index is 10.7. The summed E-state index contributed by atoms with van der Waals surface area (Å²) >= 11 is 0. The largest absolute Gasteiger partial charge is 0.508 e. The summed E-state index contributed by atoms with van der Waals surface area (Å²) in [6, 6.07) is 6.68. The molecule has 0 bridgehead atoms. The molecule has 14 heavy (non-hydrogen) atoms. The molecule has 1 N–H and O–H groups in total. The summed E-state index contributed by atoms with van der Waals surface area (Å²) in [4.78, 5) is 10.3. The molecule has 0 heterocycles. The molecule has 4 nitrogen and oxygen atoms in total. The molecule has 1 aromatic rings. The molecular weight excluding hydrogens is 182 g/mol. The second-order valence-electron chi connectivity index (χ2n) is 3.88. The minimum Gasteiger partial charge on any atom is -0.508 e. The highest BCUT2D eigenvalue weighted by atomic mass is 16.6. The first-order chi connectivity index (χ1) is 6.43. The van der Waals surface area contributed by atoms with Crippen LogP contribution in [0.1, 0.15) is 19.4 Å². The van der Waals surface area contributed by atoms with Gasteiger partial charge in [0.15, 0.2) is 0 Å². The van der Waals surface area contributed by atoms with Crippen molar-refractivity contribution in [3.63, 3.8) is 0 Å². The highest BCUT2D eigenvalue weighted by Crippen LogP contribution is 2.22. The zero-order valence-electron chi connectivity index (χ0n) is 8.23. The van der Waals surface area contributed by atoms with Crippen LogP contribution in [0.4, 0.5) is 0 Å². The van der Waals surface area contributed by atoms with Crippen molar-refractivity contribution >= 4 is 0 Å². The van der Waals surface area contributed by atoms with Gasteiger partial charge in [-0.2, -0.15) is 0 Å². The van der Waals surface area contributed by atoms with Gasteiger partial charge in [-0.15, -0.1) is 0 Å². The number of aromatic hydroxyl groups is 1. The molecule has 0 spiro atoms. The molecule has 1 rings (SSSR count). The fourth-order valence-electron chi connectivity index (χ4n) is 1.19. The van der Waals surface area contributed by atoms with Gasteiger partial charge in [-0.25, -0.2) is 0 Å². The zero-order valence-corrected chi connectivity index (χ0v) is 8.23. The molecule has 76 valence electrons. The molecule has 0 radical (unpaired) electrons. The van der Waals surface area contributed by atoms with E-state index in [0.29, 0.717) is 5.56 Å². The molecule has 0 aliphatic rings. The Morgan fingerprint density at radius 2 is 2.00 bits per heavy atom. The van der Waals surface area contributed by atoms with Crippen molar-refractivity contribution in [1.29, 1.82) is 0 Å². The highest BCUT2D eigenvalue weighted by molar-refractivity contribution is 5.32. The summed E-state index contributed by atoms with van der Waals surface area (Å²) in [7, 11) is 0. The van der Waals surface area contributed by atoms with Crippen LogP contribution in [0.2, 0.25) is 0 Å². The number of hydrogen-bond donors (Lipinski definition) is 1. The number of benzene rings is 1. The normalized spacial score (nSPS) is 11.3. The van der Waals surface area contributed by atoms with Crippen LogP contribution in [0.25, 0.3) is 0 Å². The molecule has 0 atom stereocenters. The van der Waals surface area contributed by atoms with Crippen LogP contribution in [0.15, 0.2) is 24.3 Å². The second-order valence-corrected chi connectivity index (χ2v) is 3.88. The molecule has 0 unspecified atom stereocenters. The minimum absolute atomic E-state index is 0.113. The number of rotatable bonds is 3. The van der Waals surface area contributed by atoms with Gasteiger partial charge < -0.3 is 5.11 Å². The Hall–Kier alpha value is -1.58. The van der Waals surface area contributed by atoms with E-state index in [-0.39, 0.29) is 17.1 Å². The number of nitro groups is 1. The van der Waals surface area contributed by atoms with Gasteiger partial charge in [-0.3, -0.25) is 10.1 Å². The number of hydrogen-bond acceptors (Lipinski definition) is 3. The first kappa shape index (κ1) is 10.5. The Kier molecular flexibility index (Phi) is 2.74. The van der Waals surface area contributed by atoms with Crippen LogP contribution >= 0.6 is 0 Å². The van der Waals surface area contributed by atoms with Crippen LogP contribution in [0, 0.1) is 10.1 Å². The lowest BCUT2D eigenvalue weighted by atomic mass is 9.95. The van der Waals surface area contributed by atoms with Crippen molar-refractivity contribution in [2.45, 2.75) is 25.8 Å². The van der Waals surface area contributed by atoms with Gasteiger partial charge >= 0.3 is 0 Å². The Morgan fingerprint density at radius 1 is 1.43 bits per heavy atom. The van der Waals surface area contributed by atoms with Crippen molar-refractivity contribution in [3.8, 4) is 5.75 Å². The first-order valence-electron chi connectivity index (χ1n) is 4.35. The number of para-hydroxylation sites is 1. The predicted octanol–water partition coefficient (Wildman–Crippen LogP) is 1.99. The SMILES string of the molecule is CC(C)(Cc1ccccc1O)[N+](=O)[O-]. The molecular formula is C10H13NO3. The van der Waals surface area contributed by atoms with E-state index in [2.05, 4.69) is 0 Å². The van der Waals surface area contributed by atoms with Crippen molar-refractivity contribution in [1.82, 2.24) is 0 Å². The van der Waals surface area contributed by atoms with Crippen LogP contribution in [0.5, 0.6) is 5.75 Å². The summed E-state index contributed by atoms with van der Waals surface area (Å²) in [5, 5.41) is 20.1. The van der Waals surface area contributed by atoms with Gasteiger partial charge in [0.05, 0.1) is 0 Å². The van der Waals surface area contributed by atoms with Crippen LogP contribution in [-0.4, -0.2) is 15.6 Å². The van der Waals surface area contributed by atoms with Gasteiger partial charge in [0, 0.05) is 30.8 Å². The molecule has 0 fully saturated rings. The van der Waals surface area contributed by atoms with Crippen molar-refractivity contribution in [2.24, 2.45) is 0 Å². The second kappa shape index (κ2) is 3.65. The number of phenols is 1. The fourth-order valence-corrected chi connectivity index (χ4v) is 1.19. The summed E-state index contributed by atoms with van der Waals surface area (Å²) in [6.45, 7) is 3.08. The van der Waals surface area contributed by atoms with E-state index < -0.39 is 5.54 Å². The number of phenolic OH excluding ortho intramolecular Hbond substituents is 1. The predicted molar refractivity (Wildman–Crippen MR) is 52.9 cm³/mol. The molecule has 0 aliphatic heterocycles. The van der Waals surface area contributed by atoms with Gasteiger partial charge in [-0.1, -0.05) is 18.2 Å². The maximum Gasteiger partial charge on any atom is 0.220 e. The van der Waals surface area contributed by atoms with Crippen LogP contribution in [-0.2, 0) is 6.42 Å². The summed E-state index contributed by atoms with van der Waals surface area (Å²) in [6.07, 6.45) is 0.229. The topological polar surface area (TPSA) is 63.4 Å². The minimum atomic E-state index is -1.04. The summed E-state index contributed by atoms with van der Waals surface area (Å²) < 4.78 is 0. The molecule has 0 saturated heterocycles. The van der Waals surface area contributed by atoms with Crippen LogP contribution in [0.3, 0.4) is 0 Å². The Balaban J connectivity index is 2.89. The number of nitrogens with zero attached hydrogens (tertiary/aromatic N) is 1. The molecule has 0 amide bonds. The highest BCUT2D eigenvalue weighted by Gasteiger charge is 2.31. The Bertz CT molecular complexity index is 347. The van der Waals surface area contributed by atoms with Gasteiger partial charge in [0.25, 0.3) is 0 Å². The lowest BCUT2D eigenvalue weighted by Gasteiger charge is -2.15. The van der Waals surface area contributed by atoms with Crippen molar-refractivity contribution < 1.29 is 10.0 Å². The van der Waals surface area contributed by atoms with E-state index in [1.165, 1.54) is 6.07 Å². The van der Waals surface area contributed by atoms with Crippen molar-refractivity contribution in [2.75, 3.05) is 0 Å². The van der Waals surface area contributed by atoms with E-state index in [1.54, 1.807) is 32.0 Å². The average molecular weight is 195 g/mol. The third kappa shape index (κ3) is 2.22. The lowest BCUT2D eigenvalue weighted by molar-refractivity contribution is -0.560. The van der Waals surface area contributed by atoms with E-state index >= 15 is 0 Å². The molecule has 4 heteroatoms. The van der Waals surface area contributed by atoms with E-state index in [0.717, 1.165) is 0 Å².